The zero-order valence-corrected chi connectivity index (χ0v) is 19.0. The summed E-state index contributed by atoms with van der Waals surface area (Å²) in [6.07, 6.45) is 1.93. The molecule has 6 rings (SSSR count). The molecule has 0 aliphatic rings. The van der Waals surface area contributed by atoms with E-state index in [1.807, 2.05) is 6.20 Å². The highest BCUT2D eigenvalue weighted by Crippen LogP contribution is 2.41. The van der Waals surface area contributed by atoms with Gasteiger partial charge < -0.3 is 0 Å². The number of fused-ring (bicyclic) bond motifs is 2. The van der Waals surface area contributed by atoms with Crippen LogP contribution in [0.2, 0.25) is 0 Å². The van der Waals surface area contributed by atoms with Crippen molar-refractivity contribution in [3.05, 3.63) is 134 Å². The first kappa shape index (κ1) is 19.9. The summed E-state index contributed by atoms with van der Waals surface area (Å²) in [6.45, 7) is 0. The standard InChI is InChI=1S/C31H22NP/c1-3-13-25(14-4-1)33(26-15-5-2-6-16-26)31-28-18-10-8-11-23(28)19-20-29(31)30-27-17-9-7-12-24(27)21-22-32-30/h1-22H. The van der Waals surface area contributed by atoms with Gasteiger partial charge in [0.2, 0.25) is 0 Å². The van der Waals surface area contributed by atoms with Gasteiger partial charge in [-0.3, -0.25) is 4.98 Å². The Kier molecular flexibility index (Phi) is 5.19. The number of hydrogen-bond acceptors (Lipinski definition) is 1. The average molecular weight is 439 g/mol. The Morgan fingerprint density at radius 2 is 1.00 bits per heavy atom. The summed E-state index contributed by atoms with van der Waals surface area (Å²) in [5, 5.41) is 9.01. The fraction of sp³-hybridized carbons (Fsp3) is 0. The SMILES string of the molecule is c1ccc(P(c2ccccc2)c2c(-c3nccc4ccccc34)ccc3ccccc23)cc1. The van der Waals surface area contributed by atoms with Crippen molar-refractivity contribution in [3.8, 4) is 11.3 Å². The van der Waals surface area contributed by atoms with Crippen molar-refractivity contribution in [1.29, 1.82) is 0 Å². The van der Waals surface area contributed by atoms with E-state index in [9.17, 15) is 0 Å². The molecule has 0 saturated heterocycles. The summed E-state index contributed by atoms with van der Waals surface area (Å²) in [6, 6.07) is 45.7. The largest absolute Gasteiger partial charge is 0.256 e. The number of rotatable bonds is 4. The molecule has 0 unspecified atom stereocenters. The Bertz CT molecular complexity index is 1510. The monoisotopic (exact) mass is 439 g/mol. The van der Waals surface area contributed by atoms with Gasteiger partial charge in [0.05, 0.1) is 5.69 Å². The highest BCUT2D eigenvalue weighted by molar-refractivity contribution is 7.80. The van der Waals surface area contributed by atoms with Gasteiger partial charge in [-0.2, -0.15) is 0 Å². The second kappa shape index (κ2) is 8.62. The number of benzene rings is 5. The minimum atomic E-state index is -0.786. The van der Waals surface area contributed by atoms with E-state index in [1.165, 1.54) is 43.0 Å². The topological polar surface area (TPSA) is 12.9 Å². The van der Waals surface area contributed by atoms with E-state index >= 15 is 0 Å². The van der Waals surface area contributed by atoms with Crippen molar-refractivity contribution >= 4 is 45.4 Å². The fourth-order valence-corrected chi connectivity index (χ4v) is 7.20. The van der Waals surface area contributed by atoms with Gasteiger partial charge in [0.15, 0.2) is 0 Å². The van der Waals surface area contributed by atoms with E-state index in [0.29, 0.717) is 0 Å². The smallest absolute Gasteiger partial charge is 0.0787 e. The molecule has 156 valence electrons. The van der Waals surface area contributed by atoms with Crippen molar-refractivity contribution in [2.75, 3.05) is 0 Å². The number of pyridine rings is 1. The quantitative estimate of drug-likeness (QED) is 0.275. The lowest BCUT2D eigenvalue weighted by Crippen LogP contribution is -2.23. The van der Waals surface area contributed by atoms with Gasteiger partial charge in [0.1, 0.15) is 0 Å². The molecule has 1 heterocycles. The van der Waals surface area contributed by atoms with Crippen LogP contribution in [0, 0.1) is 0 Å². The van der Waals surface area contributed by atoms with Crippen LogP contribution in [0.25, 0.3) is 32.8 Å². The molecule has 0 saturated carbocycles. The lowest BCUT2D eigenvalue weighted by molar-refractivity contribution is 1.36. The predicted octanol–water partition coefficient (Wildman–Crippen LogP) is 6.81. The highest BCUT2D eigenvalue weighted by atomic mass is 31.1. The molecule has 1 aromatic heterocycles. The van der Waals surface area contributed by atoms with Crippen LogP contribution in [0.1, 0.15) is 0 Å². The molecule has 6 aromatic rings. The Morgan fingerprint density at radius 3 is 1.67 bits per heavy atom. The molecule has 0 fully saturated rings. The normalized spacial score (nSPS) is 11.3. The fourth-order valence-electron chi connectivity index (χ4n) is 4.58. The average Bonchev–Trinajstić information content (AvgIpc) is 2.90. The molecule has 2 heteroatoms. The Balaban J connectivity index is 1.74. The summed E-state index contributed by atoms with van der Waals surface area (Å²) in [5.41, 5.74) is 2.26. The summed E-state index contributed by atoms with van der Waals surface area (Å²) in [4.78, 5) is 4.92. The molecule has 0 radical (unpaired) electrons. The molecule has 0 bridgehead atoms. The lowest BCUT2D eigenvalue weighted by Gasteiger charge is -2.24. The van der Waals surface area contributed by atoms with Crippen LogP contribution in [0.3, 0.4) is 0 Å². The number of hydrogen-bond donors (Lipinski definition) is 0. The molecule has 0 amide bonds. The lowest BCUT2D eigenvalue weighted by atomic mass is 10.0. The zero-order chi connectivity index (χ0) is 22.0. The molecule has 5 aromatic carbocycles. The molecular formula is C31H22NP. The van der Waals surface area contributed by atoms with Crippen molar-refractivity contribution in [2.45, 2.75) is 0 Å². The van der Waals surface area contributed by atoms with Crippen LogP contribution in [-0.2, 0) is 0 Å². The van der Waals surface area contributed by atoms with Crippen LogP contribution in [-0.4, -0.2) is 4.98 Å². The molecular weight excluding hydrogens is 417 g/mol. The predicted molar refractivity (Wildman–Crippen MR) is 143 cm³/mol. The number of nitrogens with zero attached hydrogens (tertiary/aromatic N) is 1. The van der Waals surface area contributed by atoms with Crippen LogP contribution >= 0.6 is 7.92 Å². The van der Waals surface area contributed by atoms with E-state index in [4.69, 9.17) is 4.98 Å². The van der Waals surface area contributed by atoms with Gasteiger partial charge in [0, 0.05) is 22.5 Å². The van der Waals surface area contributed by atoms with Gasteiger partial charge >= 0.3 is 0 Å². The second-order valence-electron chi connectivity index (χ2n) is 8.07. The summed E-state index contributed by atoms with van der Waals surface area (Å²) in [5.74, 6) is 0. The second-order valence-corrected chi connectivity index (χ2v) is 10.2. The van der Waals surface area contributed by atoms with E-state index < -0.39 is 7.92 Å². The van der Waals surface area contributed by atoms with Crippen molar-refractivity contribution in [1.82, 2.24) is 4.98 Å². The molecule has 0 atom stereocenters. The Morgan fingerprint density at radius 1 is 0.455 bits per heavy atom. The molecule has 0 aliphatic heterocycles. The molecule has 0 spiro atoms. The van der Waals surface area contributed by atoms with Crippen LogP contribution in [0.15, 0.2) is 134 Å². The third kappa shape index (κ3) is 3.61. The van der Waals surface area contributed by atoms with Gasteiger partial charge in [-0.1, -0.05) is 121 Å². The molecule has 0 N–H and O–H groups in total. The van der Waals surface area contributed by atoms with Crippen LogP contribution in [0.5, 0.6) is 0 Å². The molecule has 0 aliphatic carbocycles. The van der Waals surface area contributed by atoms with Crippen molar-refractivity contribution in [3.63, 3.8) is 0 Å². The Hall–Kier alpha value is -3.80. The minimum absolute atomic E-state index is 0.786. The van der Waals surface area contributed by atoms with E-state index in [0.717, 1.165) is 5.69 Å². The van der Waals surface area contributed by atoms with E-state index in [2.05, 4.69) is 127 Å². The van der Waals surface area contributed by atoms with Gasteiger partial charge in [0.25, 0.3) is 0 Å². The summed E-state index contributed by atoms with van der Waals surface area (Å²) in [7, 11) is -0.786. The van der Waals surface area contributed by atoms with Crippen molar-refractivity contribution in [2.24, 2.45) is 0 Å². The first-order valence-electron chi connectivity index (χ1n) is 11.2. The first-order chi connectivity index (χ1) is 16.4. The summed E-state index contributed by atoms with van der Waals surface area (Å²) >= 11 is 0. The Labute approximate surface area is 195 Å². The summed E-state index contributed by atoms with van der Waals surface area (Å²) < 4.78 is 0. The third-order valence-corrected chi connectivity index (χ3v) is 8.64. The van der Waals surface area contributed by atoms with E-state index in [1.54, 1.807) is 0 Å². The van der Waals surface area contributed by atoms with Gasteiger partial charge in [-0.15, -0.1) is 0 Å². The van der Waals surface area contributed by atoms with Gasteiger partial charge in [-0.05, 0) is 40.8 Å². The van der Waals surface area contributed by atoms with Gasteiger partial charge in [-0.25, -0.2) is 0 Å². The maximum Gasteiger partial charge on any atom is 0.0787 e. The van der Waals surface area contributed by atoms with Crippen LogP contribution < -0.4 is 15.9 Å². The third-order valence-electron chi connectivity index (χ3n) is 6.08. The minimum Gasteiger partial charge on any atom is -0.256 e. The zero-order valence-electron chi connectivity index (χ0n) is 18.1. The van der Waals surface area contributed by atoms with E-state index in [-0.39, 0.29) is 0 Å². The first-order valence-corrected chi connectivity index (χ1v) is 12.5. The molecule has 33 heavy (non-hydrogen) atoms. The maximum atomic E-state index is 4.92. The van der Waals surface area contributed by atoms with Crippen LogP contribution in [0.4, 0.5) is 0 Å². The van der Waals surface area contributed by atoms with Crippen molar-refractivity contribution < 1.29 is 0 Å². The highest BCUT2D eigenvalue weighted by Gasteiger charge is 2.24. The molecule has 1 nitrogen and oxygen atoms in total. The maximum absolute atomic E-state index is 4.92. The number of aromatic nitrogens is 1.